The zero-order valence-electron chi connectivity index (χ0n) is 15.5. The van der Waals surface area contributed by atoms with Crippen LogP contribution < -0.4 is 20.1 Å². The van der Waals surface area contributed by atoms with Crippen molar-refractivity contribution < 1.29 is 14.3 Å². The molecule has 1 atom stereocenters. The van der Waals surface area contributed by atoms with Crippen molar-refractivity contribution in [2.24, 2.45) is 0 Å². The minimum absolute atomic E-state index is 0.221. The van der Waals surface area contributed by atoms with Crippen LogP contribution in [0.25, 0.3) is 0 Å². The molecule has 5 nitrogen and oxygen atoms in total. The van der Waals surface area contributed by atoms with E-state index in [1.165, 1.54) is 14.2 Å². The van der Waals surface area contributed by atoms with Crippen molar-refractivity contribution in [2.45, 2.75) is 26.2 Å². The van der Waals surface area contributed by atoms with Crippen molar-refractivity contribution in [3.05, 3.63) is 53.6 Å². The Kier molecular flexibility index (Phi) is 6.97. The summed E-state index contributed by atoms with van der Waals surface area (Å²) in [7, 11) is 3.01. The second-order valence-corrected chi connectivity index (χ2v) is 6.25. The smallest absolute Gasteiger partial charge is 0.264 e. The van der Waals surface area contributed by atoms with Gasteiger partial charge in [0.15, 0.2) is 5.11 Å². The van der Waals surface area contributed by atoms with Crippen LogP contribution in [0.2, 0.25) is 0 Å². The van der Waals surface area contributed by atoms with E-state index in [0.717, 1.165) is 17.7 Å². The molecule has 0 saturated carbocycles. The Hall–Kier alpha value is -2.60. The van der Waals surface area contributed by atoms with E-state index >= 15 is 0 Å². The summed E-state index contributed by atoms with van der Waals surface area (Å²) in [6.07, 6.45) is 1.01. The third-order valence-electron chi connectivity index (χ3n) is 4.23. The molecule has 2 aromatic rings. The SMILES string of the molecule is CCC(C)c1ccccc1NC(=S)NC(=O)c1c(OC)cccc1OC. The van der Waals surface area contributed by atoms with Crippen molar-refractivity contribution >= 4 is 28.9 Å². The van der Waals surface area contributed by atoms with Crippen LogP contribution >= 0.6 is 12.2 Å². The number of amides is 1. The number of methoxy groups -OCH3 is 2. The highest BCUT2D eigenvalue weighted by atomic mass is 32.1. The highest BCUT2D eigenvalue weighted by Crippen LogP contribution is 2.28. The lowest BCUT2D eigenvalue weighted by Crippen LogP contribution is -2.34. The Morgan fingerprint density at radius 3 is 2.27 bits per heavy atom. The van der Waals surface area contributed by atoms with E-state index in [1.807, 2.05) is 18.2 Å². The molecule has 0 aromatic heterocycles. The van der Waals surface area contributed by atoms with Crippen LogP contribution in [-0.2, 0) is 0 Å². The third kappa shape index (κ3) is 4.52. The predicted molar refractivity (Wildman–Crippen MR) is 108 cm³/mol. The zero-order valence-corrected chi connectivity index (χ0v) is 16.3. The van der Waals surface area contributed by atoms with Crippen LogP contribution in [0.15, 0.2) is 42.5 Å². The zero-order chi connectivity index (χ0) is 19.1. The number of benzene rings is 2. The summed E-state index contributed by atoms with van der Waals surface area (Å²) in [4.78, 5) is 12.7. The quantitative estimate of drug-likeness (QED) is 0.739. The monoisotopic (exact) mass is 372 g/mol. The lowest BCUT2D eigenvalue weighted by atomic mass is 9.97. The number of thiocarbonyl (C=S) groups is 1. The largest absolute Gasteiger partial charge is 0.496 e. The van der Waals surface area contributed by atoms with E-state index in [-0.39, 0.29) is 5.11 Å². The molecule has 1 amide bonds. The van der Waals surface area contributed by atoms with Crippen molar-refractivity contribution in [3.63, 3.8) is 0 Å². The Bertz CT molecular complexity index is 770. The van der Waals surface area contributed by atoms with E-state index in [4.69, 9.17) is 21.7 Å². The first kappa shape index (κ1) is 19.7. The van der Waals surface area contributed by atoms with Gasteiger partial charge in [-0.15, -0.1) is 0 Å². The van der Waals surface area contributed by atoms with Crippen LogP contribution in [0.1, 0.15) is 42.1 Å². The molecular formula is C20H24N2O3S. The molecule has 0 spiro atoms. The average Bonchev–Trinajstić information content (AvgIpc) is 2.66. The number of carbonyl (C=O) groups is 1. The van der Waals surface area contributed by atoms with Gasteiger partial charge in [0.1, 0.15) is 17.1 Å². The van der Waals surface area contributed by atoms with Gasteiger partial charge in [-0.25, -0.2) is 0 Å². The fraction of sp³-hybridized carbons (Fsp3) is 0.300. The first-order chi connectivity index (χ1) is 12.5. The minimum Gasteiger partial charge on any atom is -0.496 e. The average molecular weight is 372 g/mol. The molecule has 0 radical (unpaired) electrons. The second-order valence-electron chi connectivity index (χ2n) is 5.84. The molecule has 0 aliphatic heterocycles. The van der Waals surface area contributed by atoms with E-state index in [2.05, 4.69) is 30.5 Å². The second kappa shape index (κ2) is 9.20. The molecule has 6 heteroatoms. The first-order valence-corrected chi connectivity index (χ1v) is 8.84. The van der Waals surface area contributed by atoms with E-state index in [0.29, 0.717) is 23.0 Å². The van der Waals surface area contributed by atoms with Gasteiger partial charge in [-0.2, -0.15) is 0 Å². The predicted octanol–water partition coefficient (Wildman–Crippen LogP) is 4.34. The number of ether oxygens (including phenoxy) is 2. The Labute approximate surface area is 159 Å². The van der Waals surface area contributed by atoms with Crippen LogP contribution in [0.4, 0.5) is 5.69 Å². The van der Waals surface area contributed by atoms with Crippen LogP contribution in [0.5, 0.6) is 11.5 Å². The lowest BCUT2D eigenvalue weighted by Gasteiger charge is -2.18. The summed E-state index contributed by atoms with van der Waals surface area (Å²) in [5, 5.41) is 6.04. The Balaban J connectivity index is 2.18. The van der Waals surface area contributed by atoms with Gasteiger partial charge in [0.05, 0.1) is 14.2 Å². The number of anilines is 1. The van der Waals surface area contributed by atoms with Gasteiger partial charge in [0.2, 0.25) is 0 Å². The van der Waals surface area contributed by atoms with Gasteiger partial charge in [-0.3, -0.25) is 10.1 Å². The van der Waals surface area contributed by atoms with Gasteiger partial charge in [-0.05, 0) is 48.3 Å². The molecule has 0 aliphatic rings. The summed E-state index contributed by atoms with van der Waals surface area (Å²) >= 11 is 5.33. The van der Waals surface area contributed by atoms with Gasteiger partial charge in [0.25, 0.3) is 5.91 Å². The summed E-state index contributed by atoms with van der Waals surface area (Å²) < 4.78 is 10.5. The molecule has 0 aliphatic carbocycles. The Morgan fingerprint density at radius 2 is 1.69 bits per heavy atom. The molecule has 0 bridgehead atoms. The molecule has 0 saturated heterocycles. The standard InChI is InChI=1S/C20H24N2O3S/c1-5-13(2)14-9-6-7-10-15(14)21-20(26)22-19(23)18-16(24-3)11-8-12-17(18)25-4/h6-13H,5H2,1-4H3,(H2,21,22,23,26). The van der Waals surface area contributed by atoms with Gasteiger partial charge in [0, 0.05) is 5.69 Å². The summed E-state index contributed by atoms with van der Waals surface area (Å²) in [6.45, 7) is 4.29. The number of carbonyl (C=O) groups excluding carboxylic acids is 1. The number of para-hydroxylation sites is 1. The number of hydrogen-bond donors (Lipinski definition) is 2. The number of rotatable bonds is 6. The first-order valence-electron chi connectivity index (χ1n) is 8.44. The fourth-order valence-electron chi connectivity index (χ4n) is 2.65. The van der Waals surface area contributed by atoms with E-state index in [1.54, 1.807) is 18.2 Å². The van der Waals surface area contributed by atoms with Crippen LogP contribution in [0, 0.1) is 0 Å². The summed E-state index contributed by atoms with van der Waals surface area (Å²) in [5.41, 5.74) is 2.34. The minimum atomic E-state index is -0.391. The van der Waals surface area contributed by atoms with Crippen molar-refractivity contribution in [3.8, 4) is 11.5 Å². The molecule has 138 valence electrons. The summed E-state index contributed by atoms with van der Waals surface area (Å²) in [5.74, 6) is 0.832. The molecule has 0 fully saturated rings. The maximum atomic E-state index is 12.7. The molecule has 2 aromatic carbocycles. The number of nitrogens with one attached hydrogen (secondary N) is 2. The fourth-order valence-corrected chi connectivity index (χ4v) is 2.86. The van der Waals surface area contributed by atoms with Gasteiger partial charge >= 0.3 is 0 Å². The normalized spacial score (nSPS) is 11.4. The van der Waals surface area contributed by atoms with Crippen molar-refractivity contribution in [1.82, 2.24) is 5.32 Å². The highest BCUT2D eigenvalue weighted by molar-refractivity contribution is 7.80. The van der Waals surface area contributed by atoms with Gasteiger partial charge < -0.3 is 14.8 Å². The van der Waals surface area contributed by atoms with Crippen LogP contribution in [0.3, 0.4) is 0 Å². The molecule has 2 N–H and O–H groups in total. The van der Waals surface area contributed by atoms with E-state index < -0.39 is 5.91 Å². The maximum absolute atomic E-state index is 12.7. The molecule has 26 heavy (non-hydrogen) atoms. The molecule has 0 heterocycles. The maximum Gasteiger partial charge on any atom is 0.264 e. The number of hydrogen-bond acceptors (Lipinski definition) is 4. The van der Waals surface area contributed by atoms with Gasteiger partial charge in [-0.1, -0.05) is 38.1 Å². The third-order valence-corrected chi connectivity index (χ3v) is 4.44. The Morgan fingerprint density at radius 1 is 1.08 bits per heavy atom. The van der Waals surface area contributed by atoms with E-state index in [9.17, 15) is 4.79 Å². The highest BCUT2D eigenvalue weighted by Gasteiger charge is 2.19. The van der Waals surface area contributed by atoms with Crippen LogP contribution in [-0.4, -0.2) is 25.2 Å². The van der Waals surface area contributed by atoms with Crippen molar-refractivity contribution in [2.75, 3.05) is 19.5 Å². The molecule has 1 unspecified atom stereocenters. The van der Waals surface area contributed by atoms with Crippen molar-refractivity contribution in [1.29, 1.82) is 0 Å². The molecular weight excluding hydrogens is 348 g/mol. The topological polar surface area (TPSA) is 59.6 Å². The molecule has 2 rings (SSSR count). The lowest BCUT2D eigenvalue weighted by molar-refractivity contribution is 0.0971. The summed E-state index contributed by atoms with van der Waals surface area (Å²) in [6, 6.07) is 13.1.